The first kappa shape index (κ1) is 27.6. The molecule has 0 aliphatic heterocycles. The molecule has 0 bridgehead atoms. The van der Waals surface area contributed by atoms with E-state index >= 15 is 0 Å². The quantitative estimate of drug-likeness (QED) is 0.118. The van der Waals surface area contributed by atoms with Gasteiger partial charge in [0.2, 0.25) is 0 Å². The number of hydrogen-bond acceptors (Lipinski definition) is 3. The Balaban J connectivity index is 0.00000547. The molecule has 12 aromatic rings. The number of rotatable bonds is 7. The van der Waals surface area contributed by atoms with Crippen LogP contribution in [0.1, 0.15) is 13.7 Å². The molecular weight excluding hydrogens is 948 g/mol. The van der Waals surface area contributed by atoms with Crippen LogP contribution < -0.4 is 9.30 Å². The molecule has 0 saturated heterocycles. The number of thiophene rings is 1. The van der Waals surface area contributed by atoms with Crippen molar-refractivity contribution in [2.45, 2.75) is 0 Å². The molecule has 0 atom stereocenters. The van der Waals surface area contributed by atoms with Crippen molar-refractivity contribution < 1.29 is 44.1 Å². The van der Waals surface area contributed by atoms with Crippen LogP contribution >= 0.6 is 11.3 Å². The third-order valence-electron chi connectivity index (χ3n) is 10.6. The molecule has 4 aromatic heterocycles. The van der Waals surface area contributed by atoms with E-state index in [1.54, 1.807) is 57.0 Å². The number of pyridine rings is 1. The average Bonchev–Trinajstić information content (AvgIpc) is 4.05. The third-order valence-corrected chi connectivity index (χ3v) is 11.7. The Morgan fingerprint density at radius 1 is 0.574 bits per heavy atom. The van der Waals surface area contributed by atoms with E-state index in [9.17, 15) is 0 Å². The Morgan fingerprint density at radius 2 is 1.23 bits per heavy atom. The molecule has 12 rings (SSSR count). The zero-order valence-corrected chi connectivity index (χ0v) is 34.7. The molecule has 7 heteroatoms. The fraction of sp³-hybridized carbons (Fsp3) is 0. The second-order valence-corrected chi connectivity index (χ2v) is 15.1. The number of para-hydroxylation sites is 3. The summed E-state index contributed by atoms with van der Waals surface area (Å²) in [6.45, 7) is 0. The summed E-state index contributed by atoms with van der Waals surface area (Å²) in [7, 11) is 0. The average molecular weight is 990 g/mol. The first-order chi connectivity index (χ1) is 33.9. The number of aromatic nitrogens is 4. The number of nitrogens with zero attached hydrogens (tertiary/aromatic N) is 4. The maximum atomic E-state index is 9.00. The molecule has 4 heterocycles. The van der Waals surface area contributed by atoms with Gasteiger partial charge in [0.25, 0.3) is 6.33 Å². The van der Waals surface area contributed by atoms with Crippen molar-refractivity contribution in [3.05, 3.63) is 212 Å². The number of ether oxygens (including phenoxy) is 1. The molecule has 0 N–H and O–H groups in total. The van der Waals surface area contributed by atoms with Crippen LogP contribution in [0.4, 0.5) is 0 Å². The molecule has 0 amide bonds. The first-order valence-electron chi connectivity index (χ1n) is 24.1. The van der Waals surface area contributed by atoms with Gasteiger partial charge < -0.3 is 13.9 Å². The summed E-state index contributed by atoms with van der Waals surface area (Å²) < 4.78 is 101. The van der Waals surface area contributed by atoms with Crippen molar-refractivity contribution in [1.82, 2.24) is 14.1 Å². The second-order valence-electron chi connectivity index (χ2n) is 14.0. The van der Waals surface area contributed by atoms with Crippen molar-refractivity contribution in [3.63, 3.8) is 0 Å². The topological polar surface area (TPSA) is 35.9 Å². The van der Waals surface area contributed by atoms with Crippen LogP contribution in [-0.2, 0) is 21.1 Å². The molecule has 0 aliphatic rings. The monoisotopic (exact) mass is 989 g/mol. The minimum absolute atomic E-state index is 0. The van der Waals surface area contributed by atoms with Gasteiger partial charge in [0.1, 0.15) is 5.65 Å². The predicted molar refractivity (Wildman–Crippen MR) is 244 cm³/mol. The number of fused-ring (bicyclic) bond motifs is 7. The number of imidazole rings is 1. The van der Waals surface area contributed by atoms with Crippen LogP contribution in [0.25, 0.3) is 92.5 Å². The predicted octanol–water partition coefficient (Wildman–Crippen LogP) is 13.3. The van der Waals surface area contributed by atoms with Crippen LogP contribution in [0, 0.1) is 18.5 Å². The van der Waals surface area contributed by atoms with E-state index in [1.807, 2.05) is 54.6 Å². The van der Waals surface area contributed by atoms with E-state index in [4.69, 9.17) is 23.4 Å². The van der Waals surface area contributed by atoms with E-state index in [0.717, 1.165) is 32.3 Å². The van der Waals surface area contributed by atoms with Crippen molar-refractivity contribution in [3.8, 4) is 50.8 Å². The molecule has 0 unspecified atom stereocenters. The van der Waals surface area contributed by atoms with E-state index in [2.05, 4.69) is 65.5 Å². The van der Waals surface area contributed by atoms with Crippen LogP contribution in [-0.4, -0.2) is 14.1 Å². The summed E-state index contributed by atoms with van der Waals surface area (Å²) in [5.74, 6) is 0.780. The van der Waals surface area contributed by atoms with Crippen molar-refractivity contribution in [2.75, 3.05) is 0 Å². The summed E-state index contributed by atoms with van der Waals surface area (Å²) in [5, 5.41) is 4.49. The molecule has 61 heavy (non-hydrogen) atoms. The normalized spacial score (nSPS) is 13.8. The largest absolute Gasteiger partial charge is 0.510 e. The zero-order chi connectivity index (χ0) is 48.3. The standard InChI is InChI=1S/C54H32N4OS.Pt/c1-3-15-36(16-4-1)42-24-13-25-43(37-17-5-2-6-18-37)53(42)57-35-56(48-27-8-9-28-49(48)57)38-19-11-21-40(31-38)59-41-22-12-20-39(32-41)58-50-34-52-47(44-23-7-10-29-51(44)60-52)33-46(50)45-26-14-30-55-54(45)58;/h1-30,33-34H;/q-2;/i1D,2D,3D,4D,5D,6D,15D,16D,17D,18D;. The summed E-state index contributed by atoms with van der Waals surface area (Å²) >= 11 is 1.75. The fourth-order valence-corrected chi connectivity index (χ4v) is 9.16. The Morgan fingerprint density at radius 3 is 2.00 bits per heavy atom. The van der Waals surface area contributed by atoms with Gasteiger partial charge in [-0.05, 0) is 58.3 Å². The molecular formula is C54H32N4OPtS-2. The Hall–Kier alpha value is -7.11. The Bertz CT molecular complexity index is 4060. The Kier molecular flexibility index (Phi) is 6.87. The van der Waals surface area contributed by atoms with Gasteiger partial charge in [-0.2, -0.15) is 18.2 Å². The number of benzene rings is 8. The summed E-state index contributed by atoms with van der Waals surface area (Å²) in [4.78, 5) is 4.83. The molecule has 0 fully saturated rings. The fourth-order valence-electron chi connectivity index (χ4n) is 8.04. The maximum Gasteiger partial charge on any atom is 0.268 e. The second kappa shape index (κ2) is 15.2. The minimum atomic E-state index is -0.572. The Labute approximate surface area is 384 Å². The van der Waals surface area contributed by atoms with Gasteiger partial charge in [-0.25, -0.2) is 4.98 Å². The molecule has 292 valence electrons. The molecule has 0 saturated carbocycles. The summed E-state index contributed by atoms with van der Waals surface area (Å²) in [6.07, 6.45) is 5.18. The van der Waals surface area contributed by atoms with Gasteiger partial charge in [-0.1, -0.05) is 127 Å². The van der Waals surface area contributed by atoms with Gasteiger partial charge in [0.15, 0.2) is 0 Å². The SMILES string of the molecule is [2H]c1c([2H])c([2H])c(-c2cccc(-c3c([2H])c([2H])c([2H])c([2H])c3[2H])c2-[n+]2[c-]n(-c3[c-]c(Oc4[c-]c(-n5c6cc7sc8ccccc8c7cc6c6cccnc65)ccc4)ccc3)c3ccccc32)c([2H])c1[2H].[Pt]. The van der Waals surface area contributed by atoms with Gasteiger partial charge in [0.05, 0.1) is 35.9 Å². The minimum Gasteiger partial charge on any atom is -0.510 e. The van der Waals surface area contributed by atoms with Crippen LogP contribution in [0.2, 0.25) is 0 Å². The van der Waals surface area contributed by atoms with Crippen molar-refractivity contribution >= 4 is 64.5 Å². The van der Waals surface area contributed by atoms with Gasteiger partial charge in [0, 0.05) is 69.7 Å². The van der Waals surface area contributed by atoms with E-state index < -0.39 is 60.4 Å². The van der Waals surface area contributed by atoms with Crippen LogP contribution in [0.3, 0.4) is 0 Å². The first-order valence-corrected chi connectivity index (χ1v) is 19.9. The van der Waals surface area contributed by atoms with Crippen molar-refractivity contribution in [1.29, 1.82) is 0 Å². The van der Waals surface area contributed by atoms with E-state index in [0.29, 0.717) is 28.2 Å². The molecule has 0 aliphatic carbocycles. The molecule has 0 radical (unpaired) electrons. The summed E-state index contributed by atoms with van der Waals surface area (Å²) in [5.41, 5.74) is 4.32. The van der Waals surface area contributed by atoms with E-state index in [-0.39, 0.29) is 49.0 Å². The zero-order valence-electron chi connectivity index (χ0n) is 41.6. The molecule has 0 spiro atoms. The van der Waals surface area contributed by atoms with Gasteiger partial charge in [-0.3, -0.25) is 4.57 Å². The van der Waals surface area contributed by atoms with Crippen LogP contribution in [0.15, 0.2) is 194 Å². The molecule has 5 nitrogen and oxygen atoms in total. The van der Waals surface area contributed by atoms with Gasteiger partial charge in [-0.15, -0.1) is 41.7 Å². The van der Waals surface area contributed by atoms with Crippen LogP contribution in [0.5, 0.6) is 11.5 Å². The maximum absolute atomic E-state index is 9.00. The van der Waals surface area contributed by atoms with Gasteiger partial charge >= 0.3 is 0 Å². The summed E-state index contributed by atoms with van der Waals surface area (Å²) in [6, 6.07) is 41.6. The number of hydrogen-bond donors (Lipinski definition) is 0. The smallest absolute Gasteiger partial charge is 0.268 e. The molecule has 8 aromatic carbocycles. The van der Waals surface area contributed by atoms with E-state index in [1.165, 1.54) is 15.5 Å². The van der Waals surface area contributed by atoms with Crippen molar-refractivity contribution in [2.24, 2.45) is 0 Å². The third kappa shape index (κ3) is 6.26.